The van der Waals surface area contributed by atoms with Gasteiger partial charge in [0.15, 0.2) is 0 Å². The van der Waals surface area contributed by atoms with Crippen LogP contribution < -0.4 is 0 Å². The summed E-state index contributed by atoms with van der Waals surface area (Å²) in [6, 6.07) is 38.0. The maximum absolute atomic E-state index is 3.58. The largest absolute Gasteiger partial charge is 0.343 e. The highest BCUT2D eigenvalue weighted by atomic mass is 79.9. The van der Waals surface area contributed by atoms with E-state index < -0.39 is 0 Å². The number of fused-ring (bicyclic) bond motifs is 2. The van der Waals surface area contributed by atoms with Gasteiger partial charge < -0.3 is 9.13 Å². The summed E-state index contributed by atoms with van der Waals surface area (Å²) in [5.74, 6) is 0. The number of aromatic nitrogens is 2. The summed E-state index contributed by atoms with van der Waals surface area (Å²) in [7, 11) is 0. The zero-order valence-corrected chi connectivity index (χ0v) is 21.8. The highest BCUT2D eigenvalue weighted by Gasteiger charge is 2.05. The minimum absolute atomic E-state index is 0.917. The Bertz CT molecular complexity index is 1400. The fourth-order valence-electron chi connectivity index (χ4n) is 4.21. The van der Waals surface area contributed by atoms with E-state index in [1.807, 2.05) is 12.1 Å². The molecule has 4 heteroatoms. The first-order chi connectivity index (χ1) is 16.7. The molecule has 6 rings (SSSR count). The smallest absolute Gasteiger partial charge is 0.0494 e. The van der Waals surface area contributed by atoms with Crippen LogP contribution in [0.5, 0.6) is 0 Å². The van der Waals surface area contributed by atoms with Crippen molar-refractivity contribution >= 4 is 53.7 Å². The lowest BCUT2D eigenvalue weighted by molar-refractivity contribution is 0.837. The molecule has 168 valence electrons. The van der Waals surface area contributed by atoms with Crippen LogP contribution in [0.2, 0.25) is 0 Å². The van der Waals surface area contributed by atoms with E-state index in [9.17, 15) is 0 Å². The van der Waals surface area contributed by atoms with Crippen LogP contribution in [0, 0.1) is 0 Å². The minimum atomic E-state index is 0.917. The van der Waals surface area contributed by atoms with Crippen LogP contribution in [-0.4, -0.2) is 9.13 Å². The second-order valence-corrected chi connectivity index (χ2v) is 9.91. The van der Waals surface area contributed by atoms with E-state index in [4.69, 9.17) is 0 Å². The van der Waals surface area contributed by atoms with Crippen molar-refractivity contribution in [3.05, 3.63) is 142 Å². The van der Waals surface area contributed by atoms with Crippen molar-refractivity contribution in [2.45, 2.75) is 13.1 Å². The minimum Gasteiger partial charge on any atom is -0.343 e. The summed E-state index contributed by atoms with van der Waals surface area (Å²) in [6.45, 7) is 1.83. The number of hydrogen-bond donors (Lipinski definition) is 0. The average molecular weight is 572 g/mol. The summed E-state index contributed by atoms with van der Waals surface area (Å²) >= 11 is 7.16. The number of benzene rings is 4. The summed E-state index contributed by atoms with van der Waals surface area (Å²) in [5, 5.41) is 2.53. The fourth-order valence-corrected chi connectivity index (χ4v) is 5.18. The molecule has 0 aliphatic carbocycles. The van der Waals surface area contributed by atoms with Crippen molar-refractivity contribution in [3.8, 4) is 0 Å². The van der Waals surface area contributed by atoms with E-state index in [0.29, 0.717) is 0 Å². The molecule has 0 bridgehead atoms. The third-order valence-corrected chi connectivity index (χ3v) is 7.30. The van der Waals surface area contributed by atoms with Crippen LogP contribution >= 0.6 is 31.9 Å². The van der Waals surface area contributed by atoms with Crippen molar-refractivity contribution in [3.63, 3.8) is 0 Å². The maximum Gasteiger partial charge on any atom is 0.0494 e. The van der Waals surface area contributed by atoms with Crippen molar-refractivity contribution in [2.75, 3.05) is 0 Å². The molecular weight excluding hydrogens is 548 g/mol. The predicted octanol–water partition coefficient (Wildman–Crippen LogP) is 8.90. The quantitative estimate of drug-likeness (QED) is 0.200. The van der Waals surface area contributed by atoms with Gasteiger partial charge in [-0.25, -0.2) is 0 Å². The van der Waals surface area contributed by atoms with E-state index in [-0.39, 0.29) is 0 Å². The lowest BCUT2D eigenvalue weighted by atomic mass is 10.2. The topological polar surface area (TPSA) is 9.86 Å². The van der Waals surface area contributed by atoms with Crippen molar-refractivity contribution in [1.82, 2.24) is 9.13 Å². The molecule has 6 aromatic rings. The van der Waals surface area contributed by atoms with Gasteiger partial charge in [-0.05, 0) is 47.5 Å². The van der Waals surface area contributed by atoms with Crippen LogP contribution in [-0.2, 0) is 13.1 Å². The third-order valence-electron chi connectivity index (χ3n) is 5.91. The van der Waals surface area contributed by atoms with Gasteiger partial charge >= 0.3 is 0 Å². The molecule has 2 nitrogen and oxygen atoms in total. The van der Waals surface area contributed by atoms with E-state index in [2.05, 4.69) is 150 Å². The summed E-state index contributed by atoms with van der Waals surface area (Å²) < 4.78 is 6.86. The predicted molar refractivity (Wildman–Crippen MR) is 150 cm³/mol. The number of rotatable bonds is 4. The van der Waals surface area contributed by atoms with Crippen LogP contribution in [0.3, 0.4) is 0 Å². The second kappa shape index (κ2) is 10.5. The second-order valence-electron chi connectivity index (χ2n) is 8.20. The van der Waals surface area contributed by atoms with Gasteiger partial charge in [-0.3, -0.25) is 0 Å². The number of nitrogens with zero attached hydrogens (tertiary/aromatic N) is 2. The zero-order valence-electron chi connectivity index (χ0n) is 18.6. The zero-order chi connectivity index (χ0) is 23.3. The molecule has 0 spiro atoms. The van der Waals surface area contributed by atoms with Gasteiger partial charge in [0.2, 0.25) is 0 Å². The van der Waals surface area contributed by atoms with Crippen LogP contribution in [0.15, 0.2) is 131 Å². The molecule has 2 aromatic heterocycles. The molecule has 0 fully saturated rings. The van der Waals surface area contributed by atoms with E-state index in [1.165, 1.54) is 32.9 Å². The van der Waals surface area contributed by atoms with Gasteiger partial charge in [0.25, 0.3) is 0 Å². The van der Waals surface area contributed by atoms with E-state index >= 15 is 0 Å². The molecule has 0 N–H and O–H groups in total. The first kappa shape index (κ1) is 22.7. The van der Waals surface area contributed by atoms with Crippen molar-refractivity contribution in [2.24, 2.45) is 0 Å². The number of hydrogen-bond acceptors (Lipinski definition) is 0. The Morgan fingerprint density at radius 1 is 0.441 bits per heavy atom. The molecular formula is C30H24Br2N2. The highest BCUT2D eigenvalue weighted by Crippen LogP contribution is 2.26. The molecule has 34 heavy (non-hydrogen) atoms. The molecule has 0 aliphatic heterocycles. The summed E-state index contributed by atoms with van der Waals surface area (Å²) in [4.78, 5) is 0. The summed E-state index contributed by atoms with van der Waals surface area (Å²) in [5.41, 5.74) is 5.18. The SMILES string of the molecule is Brc1cccc2c1ccn2Cc1ccccc1.Brc1cccc2c1ccn2Cc1ccccc1. The molecule has 0 amide bonds. The van der Waals surface area contributed by atoms with Crippen molar-refractivity contribution < 1.29 is 0 Å². The van der Waals surface area contributed by atoms with E-state index in [0.717, 1.165) is 22.0 Å². The first-order valence-electron chi connectivity index (χ1n) is 11.2. The van der Waals surface area contributed by atoms with Crippen LogP contribution in [0.1, 0.15) is 11.1 Å². The normalized spacial score (nSPS) is 10.9. The first-order valence-corrected chi connectivity index (χ1v) is 12.8. The Labute approximate surface area is 216 Å². The Morgan fingerprint density at radius 2 is 0.853 bits per heavy atom. The Kier molecular flexibility index (Phi) is 6.98. The molecule has 0 atom stereocenters. The molecule has 0 saturated carbocycles. The Morgan fingerprint density at radius 3 is 1.26 bits per heavy atom. The fraction of sp³-hybridized carbons (Fsp3) is 0.0667. The Balaban J connectivity index is 0.000000142. The lowest BCUT2D eigenvalue weighted by Gasteiger charge is -2.05. The van der Waals surface area contributed by atoms with Gasteiger partial charge in [-0.2, -0.15) is 0 Å². The average Bonchev–Trinajstić information content (AvgIpc) is 3.47. The molecule has 0 aliphatic rings. The van der Waals surface area contributed by atoms with Gasteiger partial charge in [0.05, 0.1) is 0 Å². The van der Waals surface area contributed by atoms with Gasteiger partial charge in [0, 0.05) is 56.2 Å². The molecule has 4 aromatic carbocycles. The maximum atomic E-state index is 3.58. The number of halogens is 2. The van der Waals surface area contributed by atoms with Crippen molar-refractivity contribution in [1.29, 1.82) is 0 Å². The van der Waals surface area contributed by atoms with E-state index in [1.54, 1.807) is 0 Å². The van der Waals surface area contributed by atoms with Gasteiger partial charge in [0.1, 0.15) is 0 Å². The molecule has 0 unspecified atom stereocenters. The monoisotopic (exact) mass is 570 g/mol. The standard InChI is InChI=1S/2C15H12BrN/c2*16-14-7-4-8-15-13(14)9-10-17(15)11-12-5-2-1-3-6-12/h2*1-10H,11H2. The van der Waals surface area contributed by atoms with Gasteiger partial charge in [-0.15, -0.1) is 0 Å². The van der Waals surface area contributed by atoms with Gasteiger partial charge in [-0.1, -0.05) is 105 Å². The third kappa shape index (κ3) is 5.03. The summed E-state index contributed by atoms with van der Waals surface area (Å²) in [6.07, 6.45) is 4.28. The molecule has 2 heterocycles. The highest BCUT2D eigenvalue weighted by molar-refractivity contribution is 9.11. The van der Waals surface area contributed by atoms with Crippen LogP contribution in [0.25, 0.3) is 21.8 Å². The molecule has 0 saturated heterocycles. The Hall–Kier alpha value is -3.08. The molecule has 0 radical (unpaired) electrons. The lowest BCUT2D eigenvalue weighted by Crippen LogP contribution is -1.97. The van der Waals surface area contributed by atoms with Crippen LogP contribution in [0.4, 0.5) is 0 Å².